The summed E-state index contributed by atoms with van der Waals surface area (Å²) in [5.74, 6) is -1.71. The van der Waals surface area contributed by atoms with Gasteiger partial charge in [0.15, 0.2) is 24.1 Å². The van der Waals surface area contributed by atoms with E-state index >= 15 is 0 Å². The highest BCUT2D eigenvalue weighted by Gasteiger charge is 2.51. The second kappa shape index (κ2) is 9.24. The predicted octanol–water partition coefficient (Wildman–Crippen LogP) is 2.19. The molecule has 12 heteroatoms. The minimum absolute atomic E-state index is 0.192. The third-order valence-corrected chi connectivity index (χ3v) is 5.99. The van der Waals surface area contributed by atoms with Gasteiger partial charge in [-0.05, 0) is 23.9 Å². The van der Waals surface area contributed by atoms with Gasteiger partial charge < -0.3 is 18.9 Å². The summed E-state index contributed by atoms with van der Waals surface area (Å²) in [7, 11) is 0. The van der Waals surface area contributed by atoms with Crippen molar-refractivity contribution in [2.45, 2.75) is 52.2 Å². The largest absolute Gasteiger partial charge is 0.463 e. The molecule has 1 saturated heterocycles. The summed E-state index contributed by atoms with van der Waals surface area (Å²) in [5, 5.41) is 2.01. The lowest BCUT2D eigenvalue weighted by Crippen LogP contribution is -2.40. The fourth-order valence-corrected chi connectivity index (χ4v) is 4.59. The first-order valence-electron chi connectivity index (χ1n) is 10.1. The third-order valence-electron chi connectivity index (χ3n) is 4.94. The van der Waals surface area contributed by atoms with E-state index in [1.54, 1.807) is 4.57 Å². The van der Waals surface area contributed by atoms with Crippen molar-refractivity contribution in [3.8, 4) is 10.6 Å². The maximum atomic E-state index is 11.9. The van der Waals surface area contributed by atoms with Crippen molar-refractivity contribution in [3.05, 3.63) is 29.7 Å². The number of esters is 3. The Bertz CT molecular complexity index is 1210. The van der Waals surface area contributed by atoms with Gasteiger partial charge in [-0.25, -0.2) is 15.0 Å². The quantitative estimate of drug-likeness (QED) is 0.387. The highest BCUT2D eigenvalue weighted by molar-refractivity contribution is 7.13. The molecule has 1 fully saturated rings. The Morgan fingerprint density at radius 1 is 1.06 bits per heavy atom. The average Bonchev–Trinajstić information content (AvgIpc) is 3.44. The number of aryl methyl sites for hydroxylation is 1. The van der Waals surface area contributed by atoms with Gasteiger partial charge in [0.25, 0.3) is 0 Å². The molecule has 0 N–H and O–H groups in total. The van der Waals surface area contributed by atoms with E-state index in [9.17, 15) is 14.4 Å². The van der Waals surface area contributed by atoms with Crippen LogP contribution >= 0.6 is 11.3 Å². The second-order valence-corrected chi connectivity index (χ2v) is 8.46. The summed E-state index contributed by atoms with van der Waals surface area (Å²) in [6, 6.07) is 2.01. The molecule has 4 atom stereocenters. The molecule has 11 nitrogen and oxygen atoms in total. The van der Waals surface area contributed by atoms with Gasteiger partial charge in [-0.2, -0.15) is 0 Å². The standard InChI is InChI=1S/C21H22N4O7S/c1-10-5-15(33-7-10)16-17-20(23-8-22-16)25(9-24-17)21-19(31-13(4)28)18(30-12(3)27)14(32-21)6-29-11(2)26/h5,7-9,14,18-19,21H,6H2,1-4H3/t14-,18-,19-,21-/m1/s1. The summed E-state index contributed by atoms with van der Waals surface area (Å²) in [4.78, 5) is 49.1. The number of aromatic nitrogens is 4. The van der Waals surface area contributed by atoms with Gasteiger partial charge >= 0.3 is 17.9 Å². The van der Waals surface area contributed by atoms with E-state index in [1.165, 1.54) is 44.8 Å². The topological polar surface area (TPSA) is 132 Å². The lowest BCUT2D eigenvalue weighted by atomic mass is 10.1. The molecule has 0 unspecified atom stereocenters. The van der Waals surface area contributed by atoms with Crippen LogP contribution in [0.25, 0.3) is 21.7 Å². The van der Waals surface area contributed by atoms with Gasteiger partial charge in [0.1, 0.15) is 30.2 Å². The SMILES string of the molecule is CC(=O)OC[C@H]1O[C@@H](n2cnc3c(-c4cc(C)cs4)ncnc32)[C@H](OC(C)=O)[C@@H]1OC(C)=O. The first-order chi connectivity index (χ1) is 15.7. The Hall–Kier alpha value is -3.38. The molecular weight excluding hydrogens is 452 g/mol. The number of thiophene rings is 1. The fourth-order valence-electron chi connectivity index (χ4n) is 3.69. The number of fused-ring (bicyclic) bond motifs is 1. The monoisotopic (exact) mass is 474 g/mol. The van der Waals surface area contributed by atoms with Crippen molar-refractivity contribution in [1.29, 1.82) is 0 Å². The van der Waals surface area contributed by atoms with E-state index < -0.39 is 42.4 Å². The number of rotatable bonds is 6. The molecule has 0 radical (unpaired) electrons. The Morgan fingerprint density at radius 2 is 1.79 bits per heavy atom. The maximum Gasteiger partial charge on any atom is 0.303 e. The van der Waals surface area contributed by atoms with Crippen molar-refractivity contribution < 1.29 is 33.3 Å². The van der Waals surface area contributed by atoms with Crippen molar-refractivity contribution in [3.63, 3.8) is 0 Å². The van der Waals surface area contributed by atoms with Crippen LogP contribution in [0.15, 0.2) is 24.1 Å². The lowest BCUT2D eigenvalue weighted by molar-refractivity contribution is -0.166. The molecule has 3 aromatic heterocycles. The van der Waals surface area contributed by atoms with Crippen LogP contribution in [0.3, 0.4) is 0 Å². The molecule has 3 aromatic rings. The summed E-state index contributed by atoms with van der Waals surface area (Å²) < 4.78 is 23.7. The first kappa shape index (κ1) is 22.8. The van der Waals surface area contributed by atoms with Gasteiger partial charge in [0.05, 0.1) is 11.2 Å². The molecular formula is C21H22N4O7S. The minimum Gasteiger partial charge on any atom is -0.463 e. The average molecular weight is 474 g/mol. The first-order valence-corrected chi connectivity index (χ1v) is 11.0. The van der Waals surface area contributed by atoms with Crippen molar-refractivity contribution >= 4 is 40.4 Å². The normalized spacial score (nSPS) is 22.3. The highest BCUT2D eigenvalue weighted by atomic mass is 32.1. The second-order valence-electron chi connectivity index (χ2n) is 7.55. The van der Waals surface area contributed by atoms with Crippen molar-refractivity contribution in [2.24, 2.45) is 0 Å². The number of hydrogen-bond acceptors (Lipinski definition) is 11. The molecule has 174 valence electrons. The molecule has 0 aliphatic carbocycles. The summed E-state index contributed by atoms with van der Waals surface area (Å²) in [5.41, 5.74) is 2.75. The molecule has 0 spiro atoms. The lowest BCUT2D eigenvalue weighted by Gasteiger charge is -2.23. The number of hydrogen-bond donors (Lipinski definition) is 0. The van der Waals surface area contributed by atoms with Crippen molar-refractivity contribution in [1.82, 2.24) is 19.5 Å². The summed E-state index contributed by atoms with van der Waals surface area (Å²) in [6.45, 7) is 5.53. The number of carbonyl (C=O) groups excluding carboxylic acids is 3. The van der Waals surface area contributed by atoms with E-state index in [-0.39, 0.29) is 6.61 Å². The van der Waals surface area contributed by atoms with E-state index in [0.29, 0.717) is 16.9 Å². The number of nitrogens with zero attached hydrogens (tertiary/aromatic N) is 4. The van der Waals surface area contributed by atoms with Crippen molar-refractivity contribution in [2.75, 3.05) is 6.61 Å². The van der Waals surface area contributed by atoms with E-state index in [2.05, 4.69) is 15.0 Å². The number of imidazole rings is 1. The van der Waals surface area contributed by atoms with E-state index in [4.69, 9.17) is 18.9 Å². The summed E-state index contributed by atoms with van der Waals surface area (Å²) in [6.07, 6.45) is -0.909. The number of ether oxygens (including phenoxy) is 4. The molecule has 0 amide bonds. The zero-order valence-electron chi connectivity index (χ0n) is 18.4. The van der Waals surface area contributed by atoms with Gasteiger partial charge in [0, 0.05) is 20.8 Å². The van der Waals surface area contributed by atoms with E-state index in [0.717, 1.165) is 10.4 Å². The smallest absolute Gasteiger partial charge is 0.303 e. The van der Waals surface area contributed by atoms with Gasteiger partial charge in [-0.15, -0.1) is 11.3 Å². The van der Waals surface area contributed by atoms with Gasteiger partial charge in [0.2, 0.25) is 0 Å². The zero-order chi connectivity index (χ0) is 23.7. The number of carbonyl (C=O) groups is 3. The molecule has 33 heavy (non-hydrogen) atoms. The molecule has 0 bridgehead atoms. The van der Waals surface area contributed by atoms with Crippen LogP contribution in [0.1, 0.15) is 32.6 Å². The fraction of sp³-hybridized carbons (Fsp3) is 0.429. The molecule has 0 saturated carbocycles. The van der Waals surface area contributed by atoms with Crippen LogP contribution < -0.4 is 0 Å². The van der Waals surface area contributed by atoms with Crippen LogP contribution in [0.2, 0.25) is 0 Å². The Kier molecular flexibility index (Phi) is 6.38. The molecule has 1 aliphatic heterocycles. The highest BCUT2D eigenvalue weighted by Crippen LogP contribution is 2.37. The zero-order valence-corrected chi connectivity index (χ0v) is 19.2. The Morgan fingerprint density at radius 3 is 2.42 bits per heavy atom. The molecule has 0 aromatic carbocycles. The summed E-state index contributed by atoms with van der Waals surface area (Å²) >= 11 is 1.54. The third kappa shape index (κ3) is 4.71. The van der Waals surface area contributed by atoms with Crippen LogP contribution in [0.4, 0.5) is 0 Å². The van der Waals surface area contributed by atoms with Crippen LogP contribution in [0.5, 0.6) is 0 Å². The maximum absolute atomic E-state index is 11.9. The van der Waals surface area contributed by atoms with E-state index in [1.807, 2.05) is 18.4 Å². The minimum atomic E-state index is -1.02. The van der Waals surface area contributed by atoms with Crippen LogP contribution in [-0.4, -0.2) is 62.3 Å². The Balaban J connectivity index is 1.76. The van der Waals surface area contributed by atoms with Crippen LogP contribution in [0, 0.1) is 6.92 Å². The van der Waals surface area contributed by atoms with Gasteiger partial charge in [-0.3, -0.25) is 19.0 Å². The molecule has 4 heterocycles. The molecule has 1 aliphatic rings. The molecule has 4 rings (SSSR count). The predicted molar refractivity (Wildman–Crippen MR) is 115 cm³/mol. The van der Waals surface area contributed by atoms with Crippen LogP contribution in [-0.2, 0) is 33.3 Å². The Labute approximate surface area is 192 Å². The van der Waals surface area contributed by atoms with Gasteiger partial charge in [-0.1, -0.05) is 0 Å².